The summed E-state index contributed by atoms with van der Waals surface area (Å²) in [4.78, 5) is 10.3. The van der Waals surface area contributed by atoms with E-state index in [0.29, 0.717) is 6.54 Å². The number of ether oxygens (including phenoxy) is 1. The first kappa shape index (κ1) is 16.2. The Bertz CT molecular complexity index is 466. The van der Waals surface area contributed by atoms with Gasteiger partial charge in [0.2, 0.25) is 0 Å². The van der Waals surface area contributed by atoms with Crippen LogP contribution in [0.1, 0.15) is 43.5 Å². The Hall–Kier alpha value is -1.14. The fraction of sp³-hybridized carbons (Fsp3) is 0.733. The summed E-state index contributed by atoms with van der Waals surface area (Å²) in [7, 11) is 0. The van der Waals surface area contributed by atoms with E-state index in [-0.39, 0.29) is 5.60 Å². The van der Waals surface area contributed by atoms with Gasteiger partial charge in [-0.25, -0.2) is 9.98 Å². The van der Waals surface area contributed by atoms with Crippen LogP contribution in [0.4, 0.5) is 0 Å². The van der Waals surface area contributed by atoms with Crippen LogP contribution in [0.2, 0.25) is 0 Å². The Morgan fingerprint density at radius 2 is 2.33 bits per heavy atom. The molecule has 0 spiro atoms. The molecular weight excluding hydrogens is 284 g/mol. The van der Waals surface area contributed by atoms with E-state index in [2.05, 4.69) is 41.4 Å². The first-order chi connectivity index (χ1) is 10.1. The Balaban J connectivity index is 1.89. The van der Waals surface area contributed by atoms with E-state index in [1.807, 2.05) is 6.20 Å². The average Bonchev–Trinajstić information content (AvgIpc) is 3.11. The molecule has 6 heteroatoms. The molecule has 2 rings (SSSR count). The van der Waals surface area contributed by atoms with E-state index in [1.165, 1.54) is 4.88 Å². The number of guanidine groups is 1. The molecule has 0 amide bonds. The number of hydrogen-bond donors (Lipinski definition) is 2. The van der Waals surface area contributed by atoms with Crippen molar-refractivity contribution in [2.75, 3.05) is 19.7 Å². The van der Waals surface area contributed by atoms with Crippen LogP contribution < -0.4 is 10.6 Å². The van der Waals surface area contributed by atoms with Crippen molar-refractivity contribution in [1.82, 2.24) is 15.6 Å². The van der Waals surface area contributed by atoms with Gasteiger partial charge >= 0.3 is 0 Å². The number of hydrogen-bond acceptors (Lipinski definition) is 4. The summed E-state index contributed by atoms with van der Waals surface area (Å²) in [5, 5.41) is 7.72. The molecule has 1 saturated heterocycles. The highest BCUT2D eigenvalue weighted by molar-refractivity contribution is 7.11. The van der Waals surface area contributed by atoms with Gasteiger partial charge in [-0.05, 0) is 33.1 Å². The minimum absolute atomic E-state index is 0.0627. The molecule has 0 saturated carbocycles. The lowest BCUT2D eigenvalue weighted by atomic mass is 10.0. The smallest absolute Gasteiger partial charge is 0.191 e. The first-order valence-electron chi connectivity index (χ1n) is 7.75. The first-order valence-corrected chi connectivity index (χ1v) is 8.56. The Kier molecular flexibility index (Phi) is 5.99. The molecule has 0 radical (unpaired) electrons. The molecule has 2 N–H and O–H groups in total. The van der Waals surface area contributed by atoms with Gasteiger partial charge in [-0.2, -0.15) is 0 Å². The van der Waals surface area contributed by atoms with Crippen LogP contribution in [0, 0.1) is 0 Å². The summed E-state index contributed by atoms with van der Waals surface area (Å²) in [5.74, 6) is 0.836. The van der Waals surface area contributed by atoms with Crippen molar-refractivity contribution in [3.63, 3.8) is 0 Å². The SMILES string of the molecule is CCNC(=NCc1ncc(CC)s1)NCC1(C)CCCO1. The summed E-state index contributed by atoms with van der Waals surface area (Å²) in [6.45, 7) is 9.50. The van der Waals surface area contributed by atoms with Crippen LogP contribution in [-0.4, -0.2) is 36.2 Å². The number of rotatable bonds is 6. The summed E-state index contributed by atoms with van der Waals surface area (Å²) >= 11 is 1.74. The van der Waals surface area contributed by atoms with Crippen LogP contribution in [0.15, 0.2) is 11.2 Å². The molecule has 1 atom stereocenters. The zero-order valence-corrected chi connectivity index (χ0v) is 14.1. The zero-order valence-electron chi connectivity index (χ0n) is 13.2. The second-order valence-electron chi connectivity index (χ2n) is 5.52. The third-order valence-electron chi connectivity index (χ3n) is 3.60. The maximum absolute atomic E-state index is 5.79. The molecule has 21 heavy (non-hydrogen) atoms. The third kappa shape index (κ3) is 4.97. The lowest BCUT2D eigenvalue weighted by Crippen LogP contribution is -2.45. The second kappa shape index (κ2) is 7.75. The van der Waals surface area contributed by atoms with Gasteiger partial charge in [-0.15, -0.1) is 11.3 Å². The van der Waals surface area contributed by atoms with Gasteiger partial charge in [0.25, 0.3) is 0 Å². The highest BCUT2D eigenvalue weighted by Crippen LogP contribution is 2.23. The molecule has 1 aromatic rings. The molecule has 1 fully saturated rings. The number of aryl methyl sites for hydroxylation is 1. The van der Waals surface area contributed by atoms with Crippen LogP contribution in [0.5, 0.6) is 0 Å². The number of nitrogens with one attached hydrogen (secondary N) is 2. The molecule has 0 bridgehead atoms. The van der Waals surface area contributed by atoms with Crippen LogP contribution in [-0.2, 0) is 17.7 Å². The largest absolute Gasteiger partial charge is 0.373 e. The van der Waals surface area contributed by atoms with Crippen molar-refractivity contribution in [1.29, 1.82) is 0 Å². The minimum Gasteiger partial charge on any atom is -0.373 e. The van der Waals surface area contributed by atoms with Crippen LogP contribution >= 0.6 is 11.3 Å². The molecule has 0 aromatic carbocycles. The van der Waals surface area contributed by atoms with Crippen molar-refractivity contribution in [3.05, 3.63) is 16.1 Å². The summed E-state index contributed by atoms with van der Waals surface area (Å²) in [6, 6.07) is 0. The summed E-state index contributed by atoms with van der Waals surface area (Å²) < 4.78 is 5.79. The van der Waals surface area contributed by atoms with E-state index in [1.54, 1.807) is 11.3 Å². The van der Waals surface area contributed by atoms with Crippen molar-refractivity contribution >= 4 is 17.3 Å². The predicted octanol–water partition coefficient (Wildman–Crippen LogP) is 2.33. The van der Waals surface area contributed by atoms with Crippen LogP contribution in [0.3, 0.4) is 0 Å². The number of thiazole rings is 1. The van der Waals surface area contributed by atoms with Gasteiger partial charge in [-0.1, -0.05) is 6.92 Å². The molecule has 118 valence electrons. The maximum Gasteiger partial charge on any atom is 0.191 e. The van der Waals surface area contributed by atoms with Gasteiger partial charge in [-0.3, -0.25) is 0 Å². The van der Waals surface area contributed by atoms with E-state index in [0.717, 1.165) is 49.9 Å². The number of aromatic nitrogens is 1. The fourth-order valence-corrected chi connectivity index (χ4v) is 3.11. The maximum atomic E-state index is 5.79. The monoisotopic (exact) mass is 310 g/mol. The molecular formula is C15H26N4OS. The predicted molar refractivity (Wildman–Crippen MR) is 87.9 cm³/mol. The van der Waals surface area contributed by atoms with Gasteiger partial charge in [0.05, 0.1) is 12.1 Å². The van der Waals surface area contributed by atoms with E-state index >= 15 is 0 Å². The van der Waals surface area contributed by atoms with Crippen molar-refractivity contribution in [2.24, 2.45) is 4.99 Å². The van der Waals surface area contributed by atoms with Crippen molar-refractivity contribution < 1.29 is 4.74 Å². The normalized spacial score (nSPS) is 22.5. The lowest BCUT2D eigenvalue weighted by molar-refractivity contribution is 0.0243. The summed E-state index contributed by atoms with van der Waals surface area (Å²) in [5.41, 5.74) is -0.0627. The zero-order chi connectivity index (χ0) is 15.1. The third-order valence-corrected chi connectivity index (χ3v) is 4.72. The van der Waals surface area contributed by atoms with Crippen molar-refractivity contribution in [3.8, 4) is 0 Å². The molecule has 1 aliphatic rings. The Labute approximate surface area is 131 Å². The van der Waals surface area contributed by atoms with E-state index in [9.17, 15) is 0 Å². The van der Waals surface area contributed by atoms with E-state index in [4.69, 9.17) is 4.74 Å². The highest BCUT2D eigenvalue weighted by atomic mass is 32.1. The molecule has 0 aliphatic carbocycles. The molecule has 1 aromatic heterocycles. The highest BCUT2D eigenvalue weighted by Gasteiger charge is 2.29. The van der Waals surface area contributed by atoms with Crippen molar-refractivity contribution in [2.45, 2.75) is 52.2 Å². The van der Waals surface area contributed by atoms with Gasteiger partial charge in [0, 0.05) is 30.8 Å². The lowest BCUT2D eigenvalue weighted by Gasteiger charge is -2.24. The fourth-order valence-electron chi connectivity index (χ4n) is 2.32. The quantitative estimate of drug-likeness (QED) is 0.625. The van der Waals surface area contributed by atoms with Crippen LogP contribution in [0.25, 0.3) is 0 Å². The molecule has 2 heterocycles. The molecule has 5 nitrogen and oxygen atoms in total. The molecule has 1 aliphatic heterocycles. The Morgan fingerprint density at radius 3 is 2.95 bits per heavy atom. The topological polar surface area (TPSA) is 58.5 Å². The number of aliphatic imine (C=N–C) groups is 1. The number of nitrogens with zero attached hydrogens (tertiary/aromatic N) is 2. The minimum atomic E-state index is -0.0627. The second-order valence-corrected chi connectivity index (χ2v) is 6.72. The van der Waals surface area contributed by atoms with E-state index < -0.39 is 0 Å². The average molecular weight is 310 g/mol. The van der Waals surface area contributed by atoms with Gasteiger partial charge in [0.1, 0.15) is 5.01 Å². The molecule has 1 unspecified atom stereocenters. The Morgan fingerprint density at radius 1 is 1.48 bits per heavy atom. The van der Waals surface area contributed by atoms with Gasteiger partial charge < -0.3 is 15.4 Å². The van der Waals surface area contributed by atoms with Gasteiger partial charge in [0.15, 0.2) is 5.96 Å². The standard InChI is InChI=1S/C15H26N4OS/c1-4-12-9-17-13(21-12)10-18-14(16-5-2)19-11-15(3)7-6-8-20-15/h9H,4-8,10-11H2,1-3H3,(H2,16,18,19). The summed E-state index contributed by atoms with van der Waals surface area (Å²) in [6.07, 6.45) is 5.23.